The van der Waals surface area contributed by atoms with Crippen LogP contribution in [0.4, 0.5) is 8.78 Å². The second kappa shape index (κ2) is 6.22. The molecule has 0 radical (unpaired) electrons. The first kappa shape index (κ1) is 15.8. The van der Waals surface area contributed by atoms with E-state index in [-0.39, 0.29) is 23.6 Å². The Morgan fingerprint density at radius 1 is 1.29 bits per heavy atom. The number of ether oxygens (including phenoxy) is 2. The first-order chi connectivity index (χ1) is 11.5. The van der Waals surface area contributed by atoms with Crippen molar-refractivity contribution in [1.29, 1.82) is 0 Å². The van der Waals surface area contributed by atoms with Crippen molar-refractivity contribution in [2.24, 2.45) is 7.05 Å². The summed E-state index contributed by atoms with van der Waals surface area (Å²) in [6.45, 7) is -2.85. The fourth-order valence-corrected chi connectivity index (χ4v) is 2.26. The molecule has 0 saturated heterocycles. The summed E-state index contributed by atoms with van der Waals surface area (Å²) in [7, 11) is 3.00. The number of fused-ring (bicyclic) bond motifs is 1. The molecule has 8 nitrogen and oxygen atoms in total. The third-order valence-electron chi connectivity index (χ3n) is 3.40. The second-order valence-electron chi connectivity index (χ2n) is 4.92. The fraction of sp³-hybridized carbons (Fsp3) is 0.286. The molecule has 2 aromatic heterocycles. The summed E-state index contributed by atoms with van der Waals surface area (Å²) in [5.41, 5.74) is 0.655. The minimum Gasteiger partial charge on any atom is -0.493 e. The first-order valence-electron chi connectivity index (χ1n) is 6.87. The number of benzene rings is 1. The Kier molecular flexibility index (Phi) is 4.11. The molecule has 0 aliphatic rings. The van der Waals surface area contributed by atoms with Crippen LogP contribution in [0.15, 0.2) is 29.2 Å². The van der Waals surface area contributed by atoms with E-state index in [0.717, 1.165) is 4.68 Å². The Balaban J connectivity index is 1.94. The average molecular weight is 337 g/mol. The molecule has 1 aromatic carbocycles. The van der Waals surface area contributed by atoms with E-state index in [4.69, 9.17) is 4.74 Å². The lowest BCUT2D eigenvalue weighted by Crippen LogP contribution is -2.24. The van der Waals surface area contributed by atoms with E-state index in [1.807, 2.05) is 0 Å². The highest BCUT2D eigenvalue weighted by molar-refractivity contribution is 5.72. The minimum atomic E-state index is -2.95. The molecule has 3 rings (SSSR count). The molecule has 0 bridgehead atoms. The van der Waals surface area contributed by atoms with Crippen LogP contribution in [0.1, 0.15) is 5.56 Å². The Bertz CT molecular complexity index is 938. The summed E-state index contributed by atoms with van der Waals surface area (Å²) >= 11 is 0. The van der Waals surface area contributed by atoms with Crippen LogP contribution in [0.25, 0.3) is 11.0 Å². The second-order valence-corrected chi connectivity index (χ2v) is 4.92. The molecule has 0 unspecified atom stereocenters. The summed E-state index contributed by atoms with van der Waals surface area (Å²) in [6, 6.07) is 4.39. The third-order valence-corrected chi connectivity index (χ3v) is 3.40. The van der Waals surface area contributed by atoms with Crippen LogP contribution < -0.4 is 15.0 Å². The molecule has 3 aromatic rings. The first-order valence-corrected chi connectivity index (χ1v) is 6.87. The number of alkyl halides is 2. The van der Waals surface area contributed by atoms with Gasteiger partial charge in [0.25, 0.3) is 5.56 Å². The Hall–Kier alpha value is -3.04. The van der Waals surface area contributed by atoms with E-state index >= 15 is 0 Å². The summed E-state index contributed by atoms with van der Waals surface area (Å²) in [4.78, 5) is 12.4. The molecule has 0 spiro atoms. The number of aromatic nitrogens is 5. The number of methoxy groups -OCH3 is 1. The number of halogens is 2. The van der Waals surface area contributed by atoms with Gasteiger partial charge in [-0.05, 0) is 17.7 Å². The van der Waals surface area contributed by atoms with E-state index < -0.39 is 6.61 Å². The molecule has 0 aliphatic carbocycles. The van der Waals surface area contributed by atoms with Gasteiger partial charge in [-0.1, -0.05) is 11.3 Å². The molecular weight excluding hydrogens is 324 g/mol. The van der Waals surface area contributed by atoms with Gasteiger partial charge in [0.05, 0.1) is 19.9 Å². The van der Waals surface area contributed by atoms with Crippen molar-refractivity contribution in [1.82, 2.24) is 24.8 Å². The van der Waals surface area contributed by atoms with Gasteiger partial charge in [-0.15, -0.1) is 5.10 Å². The lowest BCUT2D eigenvalue weighted by Gasteiger charge is -2.11. The maximum atomic E-state index is 12.4. The Morgan fingerprint density at radius 2 is 2.08 bits per heavy atom. The van der Waals surface area contributed by atoms with Crippen molar-refractivity contribution in [2.75, 3.05) is 7.11 Å². The van der Waals surface area contributed by atoms with Gasteiger partial charge < -0.3 is 9.47 Å². The zero-order chi connectivity index (χ0) is 17.3. The standard InChI is InChI=1S/C14H13F2N5O3/c1-20-12-9(6-17-20)13(22)21(19-18-12)7-8-3-4-10(24-14(15)16)11(5-8)23-2/h3-6,14H,7H2,1-2H3. The maximum Gasteiger partial charge on any atom is 0.387 e. The van der Waals surface area contributed by atoms with Gasteiger partial charge >= 0.3 is 6.61 Å². The zero-order valence-corrected chi connectivity index (χ0v) is 12.8. The van der Waals surface area contributed by atoms with Crippen molar-refractivity contribution in [3.63, 3.8) is 0 Å². The third kappa shape index (κ3) is 2.90. The molecule has 0 amide bonds. The van der Waals surface area contributed by atoms with Gasteiger partial charge in [0, 0.05) is 7.05 Å². The van der Waals surface area contributed by atoms with Crippen molar-refractivity contribution in [3.05, 3.63) is 40.3 Å². The van der Waals surface area contributed by atoms with Gasteiger partial charge in [0.15, 0.2) is 17.1 Å². The smallest absolute Gasteiger partial charge is 0.387 e. The molecule has 0 aliphatic heterocycles. The van der Waals surface area contributed by atoms with Crippen LogP contribution in [-0.4, -0.2) is 38.5 Å². The van der Waals surface area contributed by atoms with Crippen molar-refractivity contribution < 1.29 is 18.3 Å². The highest BCUT2D eigenvalue weighted by Gasteiger charge is 2.13. The quantitative estimate of drug-likeness (QED) is 0.695. The minimum absolute atomic E-state index is 0.0857. The van der Waals surface area contributed by atoms with Crippen LogP contribution in [0, 0.1) is 0 Å². The number of hydrogen-bond acceptors (Lipinski definition) is 6. The number of hydrogen-bond donors (Lipinski definition) is 0. The molecule has 126 valence electrons. The predicted octanol–water partition coefficient (Wildman–Crippen LogP) is 1.18. The summed E-state index contributed by atoms with van der Waals surface area (Å²) in [5.74, 6) is 0.0497. The Labute approximate surface area is 134 Å². The van der Waals surface area contributed by atoms with Crippen LogP contribution in [0.3, 0.4) is 0 Å². The molecule has 0 saturated carbocycles. The van der Waals surface area contributed by atoms with Crippen molar-refractivity contribution in [2.45, 2.75) is 13.2 Å². The molecule has 2 heterocycles. The van der Waals surface area contributed by atoms with Gasteiger partial charge in [0.2, 0.25) is 0 Å². The summed E-state index contributed by atoms with van der Waals surface area (Å²) < 4.78 is 36.7. The SMILES string of the molecule is COc1cc(Cn2nnc3c(cnn3C)c2=O)ccc1OC(F)F. The monoisotopic (exact) mass is 337 g/mol. The summed E-state index contributed by atoms with van der Waals surface area (Å²) in [6.07, 6.45) is 1.42. The predicted molar refractivity (Wildman–Crippen MR) is 79.3 cm³/mol. The van der Waals surface area contributed by atoms with Crippen LogP contribution in [-0.2, 0) is 13.6 Å². The van der Waals surface area contributed by atoms with E-state index in [1.165, 1.54) is 30.1 Å². The van der Waals surface area contributed by atoms with Crippen LogP contribution >= 0.6 is 0 Å². The van der Waals surface area contributed by atoms with E-state index in [1.54, 1.807) is 13.1 Å². The highest BCUT2D eigenvalue weighted by atomic mass is 19.3. The Morgan fingerprint density at radius 3 is 2.79 bits per heavy atom. The average Bonchev–Trinajstić information content (AvgIpc) is 2.93. The molecule has 10 heteroatoms. The maximum absolute atomic E-state index is 12.4. The van der Waals surface area contributed by atoms with E-state index in [9.17, 15) is 13.6 Å². The van der Waals surface area contributed by atoms with E-state index in [0.29, 0.717) is 16.6 Å². The number of aryl methyl sites for hydroxylation is 1. The zero-order valence-electron chi connectivity index (χ0n) is 12.8. The largest absolute Gasteiger partial charge is 0.493 e. The number of nitrogens with zero attached hydrogens (tertiary/aromatic N) is 5. The molecule has 0 N–H and O–H groups in total. The molecule has 0 fully saturated rings. The number of rotatable bonds is 5. The fourth-order valence-electron chi connectivity index (χ4n) is 2.26. The van der Waals surface area contributed by atoms with Crippen LogP contribution in [0.5, 0.6) is 11.5 Å². The van der Waals surface area contributed by atoms with Gasteiger partial charge in [-0.3, -0.25) is 4.79 Å². The van der Waals surface area contributed by atoms with Crippen LogP contribution in [0.2, 0.25) is 0 Å². The molecule has 0 atom stereocenters. The summed E-state index contributed by atoms with van der Waals surface area (Å²) in [5, 5.41) is 12.1. The van der Waals surface area contributed by atoms with E-state index in [2.05, 4.69) is 20.1 Å². The van der Waals surface area contributed by atoms with Gasteiger partial charge in [-0.2, -0.15) is 13.9 Å². The molecular formula is C14H13F2N5O3. The van der Waals surface area contributed by atoms with Gasteiger partial charge in [0.1, 0.15) is 5.39 Å². The lowest BCUT2D eigenvalue weighted by atomic mass is 10.2. The lowest BCUT2D eigenvalue weighted by molar-refractivity contribution is -0.0512. The van der Waals surface area contributed by atoms with Crippen molar-refractivity contribution >= 4 is 11.0 Å². The molecule has 24 heavy (non-hydrogen) atoms. The highest BCUT2D eigenvalue weighted by Crippen LogP contribution is 2.29. The van der Waals surface area contributed by atoms with Crippen molar-refractivity contribution in [3.8, 4) is 11.5 Å². The topological polar surface area (TPSA) is 84.1 Å². The normalized spacial score (nSPS) is 11.2. The van der Waals surface area contributed by atoms with Gasteiger partial charge in [-0.25, -0.2) is 9.36 Å².